The zero-order valence-corrected chi connectivity index (χ0v) is 14.7. The summed E-state index contributed by atoms with van der Waals surface area (Å²) in [4.78, 5) is 27.1. The van der Waals surface area contributed by atoms with E-state index < -0.39 is 17.5 Å². The van der Waals surface area contributed by atoms with Crippen molar-refractivity contribution in [1.29, 1.82) is 0 Å². The van der Waals surface area contributed by atoms with E-state index in [1.54, 1.807) is 0 Å². The van der Waals surface area contributed by atoms with E-state index >= 15 is 0 Å². The second-order valence-corrected chi connectivity index (χ2v) is 7.09. The summed E-state index contributed by atoms with van der Waals surface area (Å²) in [6.07, 6.45) is 2.17. The van der Waals surface area contributed by atoms with Crippen LogP contribution in [0.15, 0.2) is 18.3 Å². The van der Waals surface area contributed by atoms with Gasteiger partial charge in [0.25, 0.3) is 5.91 Å². The van der Waals surface area contributed by atoms with Crippen molar-refractivity contribution in [3.8, 4) is 5.88 Å². The average molecular weight is 353 g/mol. The number of aromatic nitrogens is 1. The molecule has 0 aromatic carbocycles. The Hall–Kier alpha value is -2.38. The molecule has 1 aliphatic carbocycles. The van der Waals surface area contributed by atoms with Gasteiger partial charge >= 0.3 is 6.09 Å². The van der Waals surface area contributed by atoms with Crippen LogP contribution in [0.3, 0.4) is 0 Å². The Labute approximate surface area is 146 Å². The number of alkyl carbamates (subject to hydrolysis) is 1. The number of pyridine rings is 1. The molecule has 1 heterocycles. The third-order valence-electron chi connectivity index (χ3n) is 3.59. The van der Waals surface area contributed by atoms with Gasteiger partial charge in [-0.1, -0.05) is 0 Å². The Bertz CT molecular complexity index is 595. The summed E-state index contributed by atoms with van der Waals surface area (Å²) < 4.78 is 23.1. The molecule has 8 heteroatoms. The van der Waals surface area contributed by atoms with Crippen LogP contribution in [0.2, 0.25) is 0 Å². The third-order valence-corrected chi connectivity index (χ3v) is 3.59. The standard InChI is InChI=1S/C17H24FN3O4/c1-17(2,3)25-16(23)20-8-11-6-13(7-11)21-14(22)10-24-15-5-4-12(18)9-19-15/h4-5,9,11,13H,6-8,10H2,1-3H3,(H,20,23)(H,21,22). The zero-order chi connectivity index (χ0) is 18.4. The topological polar surface area (TPSA) is 89.6 Å². The molecule has 2 rings (SSSR count). The van der Waals surface area contributed by atoms with Gasteiger partial charge < -0.3 is 20.1 Å². The van der Waals surface area contributed by atoms with Gasteiger partial charge in [-0.05, 0) is 45.6 Å². The van der Waals surface area contributed by atoms with Crippen LogP contribution in [0.5, 0.6) is 5.88 Å². The highest BCUT2D eigenvalue weighted by atomic mass is 19.1. The molecule has 1 aromatic rings. The Balaban J connectivity index is 1.57. The molecule has 1 fully saturated rings. The highest BCUT2D eigenvalue weighted by molar-refractivity contribution is 5.77. The fraction of sp³-hybridized carbons (Fsp3) is 0.588. The SMILES string of the molecule is CC(C)(C)OC(=O)NCC1CC(NC(=O)COc2ccc(F)cn2)C1. The minimum Gasteiger partial charge on any atom is -0.468 e. The number of hydrogen-bond acceptors (Lipinski definition) is 5. The van der Waals surface area contributed by atoms with Gasteiger partial charge in [-0.2, -0.15) is 0 Å². The minimum atomic E-state index is -0.514. The van der Waals surface area contributed by atoms with E-state index in [-0.39, 0.29) is 24.4 Å². The summed E-state index contributed by atoms with van der Waals surface area (Å²) in [6.45, 7) is 5.79. The van der Waals surface area contributed by atoms with Crippen molar-refractivity contribution in [2.75, 3.05) is 13.2 Å². The molecule has 1 aliphatic rings. The number of halogens is 1. The van der Waals surface area contributed by atoms with Crippen LogP contribution >= 0.6 is 0 Å². The first-order valence-corrected chi connectivity index (χ1v) is 8.22. The highest BCUT2D eigenvalue weighted by Crippen LogP contribution is 2.26. The Morgan fingerprint density at radius 2 is 2.04 bits per heavy atom. The summed E-state index contributed by atoms with van der Waals surface area (Å²) in [5.74, 6) is -0.200. The first-order valence-electron chi connectivity index (χ1n) is 8.22. The van der Waals surface area contributed by atoms with Crippen molar-refractivity contribution < 1.29 is 23.5 Å². The van der Waals surface area contributed by atoms with Gasteiger partial charge in [0.1, 0.15) is 11.4 Å². The van der Waals surface area contributed by atoms with E-state index in [0.717, 1.165) is 19.0 Å². The predicted octanol–water partition coefficient (Wildman–Crippen LogP) is 2.02. The molecule has 1 aromatic heterocycles. The van der Waals surface area contributed by atoms with Crippen molar-refractivity contribution in [2.24, 2.45) is 5.92 Å². The van der Waals surface area contributed by atoms with Crippen LogP contribution in [-0.4, -0.2) is 41.8 Å². The Morgan fingerprint density at radius 3 is 2.64 bits per heavy atom. The maximum Gasteiger partial charge on any atom is 0.407 e. The number of hydrogen-bond donors (Lipinski definition) is 2. The second kappa shape index (κ2) is 8.13. The van der Waals surface area contributed by atoms with Crippen LogP contribution in [0.25, 0.3) is 0 Å². The molecular weight excluding hydrogens is 329 g/mol. The van der Waals surface area contributed by atoms with E-state index in [0.29, 0.717) is 12.5 Å². The molecule has 7 nitrogen and oxygen atoms in total. The van der Waals surface area contributed by atoms with Crippen molar-refractivity contribution >= 4 is 12.0 Å². The Morgan fingerprint density at radius 1 is 1.32 bits per heavy atom. The van der Waals surface area contributed by atoms with E-state index in [1.807, 2.05) is 20.8 Å². The van der Waals surface area contributed by atoms with Gasteiger partial charge in [0.2, 0.25) is 5.88 Å². The highest BCUT2D eigenvalue weighted by Gasteiger charge is 2.30. The molecule has 2 N–H and O–H groups in total. The fourth-order valence-electron chi connectivity index (χ4n) is 2.42. The molecular formula is C17H24FN3O4. The van der Waals surface area contributed by atoms with Crippen LogP contribution < -0.4 is 15.4 Å². The molecule has 0 aliphatic heterocycles. The van der Waals surface area contributed by atoms with Gasteiger partial charge in [-0.25, -0.2) is 14.2 Å². The summed E-state index contributed by atoms with van der Waals surface area (Å²) >= 11 is 0. The first kappa shape index (κ1) is 19.0. The number of nitrogens with one attached hydrogen (secondary N) is 2. The van der Waals surface area contributed by atoms with E-state index in [4.69, 9.17) is 9.47 Å². The first-order chi connectivity index (χ1) is 11.7. The molecule has 0 saturated heterocycles. The molecule has 0 bridgehead atoms. The lowest BCUT2D eigenvalue weighted by Crippen LogP contribution is -2.49. The van der Waals surface area contributed by atoms with Gasteiger partial charge in [0, 0.05) is 18.7 Å². The largest absolute Gasteiger partial charge is 0.468 e. The van der Waals surface area contributed by atoms with E-state index in [1.165, 1.54) is 12.1 Å². The summed E-state index contributed by atoms with van der Waals surface area (Å²) in [6, 6.07) is 2.65. The van der Waals surface area contributed by atoms with Gasteiger partial charge in [-0.15, -0.1) is 0 Å². The fourth-order valence-corrected chi connectivity index (χ4v) is 2.42. The predicted molar refractivity (Wildman–Crippen MR) is 88.6 cm³/mol. The smallest absolute Gasteiger partial charge is 0.407 e. The molecule has 25 heavy (non-hydrogen) atoms. The molecule has 0 spiro atoms. The number of nitrogens with zero attached hydrogens (tertiary/aromatic N) is 1. The lowest BCUT2D eigenvalue weighted by molar-refractivity contribution is -0.124. The summed E-state index contributed by atoms with van der Waals surface area (Å²) in [5.41, 5.74) is -0.514. The van der Waals surface area contributed by atoms with Crippen LogP contribution in [0.4, 0.5) is 9.18 Å². The van der Waals surface area contributed by atoms with E-state index in [2.05, 4.69) is 15.6 Å². The summed E-state index contributed by atoms with van der Waals surface area (Å²) in [5, 5.41) is 5.57. The number of rotatable bonds is 6. The van der Waals surface area contributed by atoms with Crippen molar-refractivity contribution in [3.05, 3.63) is 24.1 Å². The van der Waals surface area contributed by atoms with Gasteiger partial charge in [0.05, 0.1) is 6.20 Å². The molecule has 138 valence electrons. The molecule has 0 unspecified atom stereocenters. The van der Waals surface area contributed by atoms with Crippen molar-refractivity contribution in [3.63, 3.8) is 0 Å². The zero-order valence-electron chi connectivity index (χ0n) is 14.7. The monoisotopic (exact) mass is 353 g/mol. The van der Waals surface area contributed by atoms with Crippen molar-refractivity contribution in [1.82, 2.24) is 15.6 Å². The van der Waals surface area contributed by atoms with Gasteiger partial charge in [-0.3, -0.25) is 4.79 Å². The van der Waals surface area contributed by atoms with Crippen LogP contribution in [0.1, 0.15) is 33.6 Å². The quantitative estimate of drug-likeness (QED) is 0.817. The number of ether oxygens (including phenoxy) is 2. The molecule has 0 radical (unpaired) electrons. The minimum absolute atomic E-state index is 0.0720. The van der Waals surface area contributed by atoms with Gasteiger partial charge in [0.15, 0.2) is 6.61 Å². The van der Waals surface area contributed by atoms with Crippen LogP contribution in [0, 0.1) is 11.7 Å². The number of amides is 2. The lowest BCUT2D eigenvalue weighted by atomic mass is 9.80. The van der Waals surface area contributed by atoms with E-state index in [9.17, 15) is 14.0 Å². The Kier molecular flexibility index (Phi) is 6.17. The normalized spacial score (nSPS) is 19.5. The number of carbonyl (C=O) groups is 2. The molecule has 0 atom stereocenters. The summed E-state index contributed by atoms with van der Waals surface area (Å²) in [7, 11) is 0. The van der Waals surface area contributed by atoms with Crippen LogP contribution in [-0.2, 0) is 9.53 Å². The van der Waals surface area contributed by atoms with Crippen molar-refractivity contribution in [2.45, 2.75) is 45.3 Å². The maximum absolute atomic E-state index is 12.7. The molecule has 2 amide bonds. The molecule has 1 saturated carbocycles. The second-order valence-electron chi connectivity index (χ2n) is 7.09. The number of carbonyl (C=O) groups excluding carboxylic acids is 2. The average Bonchev–Trinajstić information content (AvgIpc) is 2.47. The third kappa shape index (κ3) is 6.94. The lowest BCUT2D eigenvalue weighted by Gasteiger charge is -2.36. The maximum atomic E-state index is 12.7.